The van der Waals surface area contributed by atoms with Gasteiger partial charge in [0, 0.05) is 13.0 Å². The number of hydrogen-bond acceptors (Lipinski definition) is 5. The molecule has 0 aliphatic heterocycles. The van der Waals surface area contributed by atoms with Crippen LogP contribution in [-0.2, 0) is 30.3 Å². The van der Waals surface area contributed by atoms with E-state index in [2.05, 4.69) is 10.1 Å². The monoisotopic (exact) mass is 343 g/mol. The van der Waals surface area contributed by atoms with Crippen LogP contribution in [0.25, 0.3) is 10.8 Å². The van der Waals surface area contributed by atoms with E-state index in [0.717, 1.165) is 16.3 Å². The second kappa shape index (κ2) is 9.42. The SMILES string of the molecule is COC(=O)CCCNC(=O)COC(=O)Cc1cccc2ccccc12. The molecule has 0 aliphatic rings. The molecule has 0 fully saturated rings. The van der Waals surface area contributed by atoms with E-state index in [4.69, 9.17) is 4.74 Å². The summed E-state index contributed by atoms with van der Waals surface area (Å²) in [6, 6.07) is 13.5. The first-order valence-electron chi connectivity index (χ1n) is 8.06. The van der Waals surface area contributed by atoms with Crippen LogP contribution in [0.5, 0.6) is 0 Å². The second-order valence-corrected chi connectivity index (χ2v) is 5.51. The molecule has 0 atom stereocenters. The molecule has 0 bridgehead atoms. The summed E-state index contributed by atoms with van der Waals surface area (Å²) in [5, 5.41) is 4.63. The quantitative estimate of drug-likeness (QED) is 0.586. The second-order valence-electron chi connectivity index (χ2n) is 5.51. The topological polar surface area (TPSA) is 81.7 Å². The average molecular weight is 343 g/mol. The van der Waals surface area contributed by atoms with Gasteiger partial charge in [0.15, 0.2) is 6.61 Å². The van der Waals surface area contributed by atoms with Crippen LogP contribution in [0.2, 0.25) is 0 Å². The molecule has 25 heavy (non-hydrogen) atoms. The van der Waals surface area contributed by atoms with Crippen molar-refractivity contribution in [1.29, 1.82) is 0 Å². The zero-order valence-corrected chi connectivity index (χ0v) is 14.1. The van der Waals surface area contributed by atoms with Crippen molar-refractivity contribution in [3.05, 3.63) is 48.0 Å². The Morgan fingerprint density at radius 3 is 2.56 bits per heavy atom. The van der Waals surface area contributed by atoms with Crippen molar-refractivity contribution >= 4 is 28.6 Å². The van der Waals surface area contributed by atoms with Gasteiger partial charge in [-0.3, -0.25) is 14.4 Å². The third-order valence-corrected chi connectivity index (χ3v) is 3.69. The van der Waals surface area contributed by atoms with Crippen molar-refractivity contribution < 1.29 is 23.9 Å². The number of fused-ring (bicyclic) bond motifs is 1. The maximum atomic E-state index is 12.0. The molecule has 1 N–H and O–H groups in total. The highest BCUT2D eigenvalue weighted by Crippen LogP contribution is 2.19. The summed E-state index contributed by atoms with van der Waals surface area (Å²) >= 11 is 0. The van der Waals surface area contributed by atoms with Gasteiger partial charge in [-0.1, -0.05) is 42.5 Å². The maximum absolute atomic E-state index is 12.0. The number of methoxy groups -OCH3 is 1. The van der Waals surface area contributed by atoms with E-state index >= 15 is 0 Å². The molecule has 0 saturated carbocycles. The number of rotatable bonds is 8. The van der Waals surface area contributed by atoms with Crippen molar-refractivity contribution in [2.45, 2.75) is 19.3 Å². The van der Waals surface area contributed by atoms with Crippen LogP contribution >= 0.6 is 0 Å². The highest BCUT2D eigenvalue weighted by atomic mass is 16.5. The summed E-state index contributed by atoms with van der Waals surface area (Å²) in [5.74, 6) is -1.17. The average Bonchev–Trinajstić information content (AvgIpc) is 2.63. The zero-order valence-electron chi connectivity index (χ0n) is 14.1. The van der Waals surface area contributed by atoms with E-state index < -0.39 is 11.9 Å². The Labute approximate surface area is 146 Å². The molecule has 2 aromatic carbocycles. The number of carbonyl (C=O) groups excluding carboxylic acids is 3. The molecule has 2 aromatic rings. The van der Waals surface area contributed by atoms with Crippen molar-refractivity contribution in [1.82, 2.24) is 5.32 Å². The highest BCUT2D eigenvalue weighted by molar-refractivity contribution is 5.89. The summed E-state index contributed by atoms with van der Waals surface area (Å²) < 4.78 is 9.52. The van der Waals surface area contributed by atoms with Crippen molar-refractivity contribution in [3.63, 3.8) is 0 Å². The molecule has 0 spiro atoms. The summed E-state index contributed by atoms with van der Waals surface area (Å²) in [4.78, 5) is 34.5. The zero-order chi connectivity index (χ0) is 18.1. The van der Waals surface area contributed by atoms with E-state index in [9.17, 15) is 14.4 Å². The van der Waals surface area contributed by atoms with Crippen LogP contribution in [0.1, 0.15) is 18.4 Å². The Morgan fingerprint density at radius 1 is 1.00 bits per heavy atom. The van der Waals surface area contributed by atoms with Gasteiger partial charge >= 0.3 is 11.9 Å². The highest BCUT2D eigenvalue weighted by Gasteiger charge is 2.10. The third kappa shape index (κ3) is 5.91. The molecular formula is C19H21NO5. The van der Waals surface area contributed by atoms with Crippen molar-refractivity contribution in [2.24, 2.45) is 0 Å². The Kier molecular flexibility index (Phi) is 6.95. The predicted molar refractivity (Wildman–Crippen MR) is 92.9 cm³/mol. The Hall–Kier alpha value is -2.89. The number of benzene rings is 2. The first-order valence-corrected chi connectivity index (χ1v) is 8.06. The summed E-state index contributed by atoms with van der Waals surface area (Å²) in [5.41, 5.74) is 0.863. The molecule has 0 heterocycles. The smallest absolute Gasteiger partial charge is 0.310 e. The van der Waals surface area contributed by atoms with Crippen LogP contribution in [0.15, 0.2) is 42.5 Å². The number of ether oxygens (including phenoxy) is 2. The molecule has 0 radical (unpaired) electrons. The van der Waals surface area contributed by atoms with E-state index in [-0.39, 0.29) is 25.4 Å². The summed E-state index contributed by atoms with van der Waals surface area (Å²) in [6.07, 6.45) is 0.816. The molecule has 0 aliphatic carbocycles. The minimum atomic E-state index is -0.457. The first kappa shape index (κ1) is 18.4. The fraction of sp³-hybridized carbons (Fsp3) is 0.316. The van der Waals surface area contributed by atoms with Crippen LogP contribution in [0, 0.1) is 0 Å². The van der Waals surface area contributed by atoms with Crippen LogP contribution in [0.4, 0.5) is 0 Å². The molecule has 0 aromatic heterocycles. The lowest BCUT2D eigenvalue weighted by molar-refractivity contribution is -0.147. The molecule has 1 amide bonds. The molecule has 132 valence electrons. The lowest BCUT2D eigenvalue weighted by atomic mass is 10.0. The van der Waals surface area contributed by atoms with Gasteiger partial charge in [0.05, 0.1) is 13.5 Å². The van der Waals surface area contributed by atoms with Gasteiger partial charge in [-0.15, -0.1) is 0 Å². The van der Waals surface area contributed by atoms with E-state index in [0.29, 0.717) is 13.0 Å². The molecule has 0 saturated heterocycles. The van der Waals surface area contributed by atoms with E-state index in [1.54, 1.807) is 0 Å². The van der Waals surface area contributed by atoms with Gasteiger partial charge in [0.25, 0.3) is 5.91 Å². The maximum Gasteiger partial charge on any atom is 0.310 e. The lowest BCUT2D eigenvalue weighted by Gasteiger charge is -2.08. The fourth-order valence-electron chi connectivity index (χ4n) is 2.41. The normalized spacial score (nSPS) is 10.3. The van der Waals surface area contributed by atoms with E-state index in [1.165, 1.54) is 7.11 Å². The van der Waals surface area contributed by atoms with Gasteiger partial charge in [-0.2, -0.15) is 0 Å². The lowest BCUT2D eigenvalue weighted by Crippen LogP contribution is -2.30. The minimum absolute atomic E-state index is 0.108. The van der Waals surface area contributed by atoms with Gasteiger partial charge in [-0.25, -0.2) is 0 Å². The number of amides is 1. The van der Waals surface area contributed by atoms with Gasteiger partial charge < -0.3 is 14.8 Å². The van der Waals surface area contributed by atoms with Crippen molar-refractivity contribution in [2.75, 3.05) is 20.3 Å². The molecule has 0 unspecified atom stereocenters. The van der Waals surface area contributed by atoms with Crippen molar-refractivity contribution in [3.8, 4) is 0 Å². The molecule has 6 nitrogen and oxygen atoms in total. The number of hydrogen-bond donors (Lipinski definition) is 1. The van der Waals surface area contributed by atoms with Gasteiger partial charge in [0.1, 0.15) is 0 Å². The van der Waals surface area contributed by atoms with Crippen LogP contribution < -0.4 is 5.32 Å². The standard InChI is InChI=1S/C19H21NO5/c1-24-18(22)10-5-11-20-17(21)13-25-19(23)12-15-8-4-7-14-6-2-3-9-16(14)15/h2-4,6-9H,5,10-13H2,1H3,(H,20,21). The van der Waals surface area contributed by atoms with Crippen LogP contribution in [-0.4, -0.2) is 38.1 Å². The van der Waals surface area contributed by atoms with E-state index in [1.807, 2.05) is 42.5 Å². The summed E-state index contributed by atoms with van der Waals surface area (Å²) in [6.45, 7) is -0.00334. The largest absolute Gasteiger partial charge is 0.469 e. The van der Waals surface area contributed by atoms with Gasteiger partial charge in [-0.05, 0) is 22.8 Å². The number of carbonyl (C=O) groups is 3. The fourth-order valence-corrected chi connectivity index (χ4v) is 2.41. The first-order chi connectivity index (χ1) is 12.1. The van der Waals surface area contributed by atoms with Gasteiger partial charge in [0.2, 0.25) is 0 Å². The Bertz CT molecular complexity index is 751. The number of esters is 2. The molecule has 2 rings (SSSR count). The Morgan fingerprint density at radius 2 is 1.76 bits per heavy atom. The predicted octanol–water partition coefficient (Wildman–Crippen LogP) is 1.99. The summed E-state index contributed by atoms with van der Waals surface area (Å²) in [7, 11) is 1.32. The number of nitrogens with one attached hydrogen (secondary N) is 1. The Balaban J connectivity index is 1.75. The minimum Gasteiger partial charge on any atom is -0.469 e. The molecular weight excluding hydrogens is 322 g/mol. The van der Waals surface area contributed by atoms with Crippen LogP contribution in [0.3, 0.4) is 0 Å². The molecule has 6 heteroatoms. The third-order valence-electron chi connectivity index (χ3n) is 3.69.